The number of hydrogen-bond donors (Lipinski definition) is 0. The maximum absolute atomic E-state index is 12.9. The van der Waals surface area contributed by atoms with Crippen molar-refractivity contribution in [3.63, 3.8) is 0 Å². The highest BCUT2D eigenvalue weighted by molar-refractivity contribution is 7.18. The molecule has 0 saturated carbocycles. The van der Waals surface area contributed by atoms with Crippen LogP contribution in [0.5, 0.6) is 0 Å². The lowest BCUT2D eigenvalue weighted by Crippen LogP contribution is -2.34. The van der Waals surface area contributed by atoms with Gasteiger partial charge in [-0.15, -0.1) is 11.3 Å². The lowest BCUT2D eigenvalue weighted by molar-refractivity contribution is -0.131. The van der Waals surface area contributed by atoms with Gasteiger partial charge in [0.2, 0.25) is 5.91 Å². The Balaban J connectivity index is 1.53. The molecule has 1 amide bonds. The molecule has 1 saturated heterocycles. The summed E-state index contributed by atoms with van der Waals surface area (Å²) >= 11 is 1.52. The number of para-hydroxylation sites is 1. The highest BCUT2D eigenvalue weighted by Crippen LogP contribution is 2.26. The van der Waals surface area contributed by atoms with E-state index >= 15 is 0 Å². The number of anilines is 1. The lowest BCUT2D eigenvalue weighted by Gasteiger charge is -2.24. The van der Waals surface area contributed by atoms with E-state index in [1.54, 1.807) is 11.9 Å². The summed E-state index contributed by atoms with van der Waals surface area (Å²) in [6.45, 7) is 6.57. The number of aromatic nitrogens is 2. The van der Waals surface area contributed by atoms with E-state index in [4.69, 9.17) is 0 Å². The number of carbonyl (C=O) groups is 1. The number of hydrogen-bond acceptors (Lipinski definition) is 5. The summed E-state index contributed by atoms with van der Waals surface area (Å²) in [6.07, 6.45) is 3.91. The van der Waals surface area contributed by atoms with Crippen molar-refractivity contribution in [2.75, 3.05) is 25.0 Å². The quantitative estimate of drug-likeness (QED) is 0.647. The fourth-order valence-corrected chi connectivity index (χ4v) is 4.89. The Kier molecular flexibility index (Phi) is 5.41. The van der Waals surface area contributed by atoms with Gasteiger partial charge in [0.25, 0.3) is 5.56 Å². The highest BCUT2D eigenvalue weighted by atomic mass is 32.1. The number of benzene rings is 1. The summed E-state index contributed by atoms with van der Waals surface area (Å²) in [5.74, 6) is -0.103. The molecule has 0 aliphatic carbocycles. The van der Waals surface area contributed by atoms with E-state index in [0.29, 0.717) is 11.9 Å². The van der Waals surface area contributed by atoms with Gasteiger partial charge in [0.05, 0.1) is 11.7 Å². The third-order valence-electron chi connectivity index (χ3n) is 5.73. The number of likely N-dealkylation sites (N-methyl/N-ethyl adjacent to an activating group) is 1. The van der Waals surface area contributed by atoms with E-state index in [9.17, 15) is 9.59 Å². The molecule has 0 N–H and O–H groups in total. The van der Waals surface area contributed by atoms with Crippen LogP contribution in [0.15, 0.2) is 35.4 Å². The topological polar surface area (TPSA) is 58.4 Å². The van der Waals surface area contributed by atoms with Crippen LogP contribution in [0, 0.1) is 13.8 Å². The van der Waals surface area contributed by atoms with E-state index in [1.807, 2.05) is 26.0 Å². The minimum atomic E-state index is -0.143. The summed E-state index contributed by atoms with van der Waals surface area (Å²) in [5, 5.41) is 0.629. The van der Waals surface area contributed by atoms with Crippen LogP contribution >= 0.6 is 11.3 Å². The maximum Gasteiger partial charge on any atom is 0.262 e. The first-order chi connectivity index (χ1) is 14.0. The molecule has 29 heavy (non-hydrogen) atoms. The molecular weight excluding hydrogens is 384 g/mol. The molecule has 0 unspecified atom stereocenters. The van der Waals surface area contributed by atoms with Gasteiger partial charge >= 0.3 is 0 Å². The number of fused-ring (bicyclic) bond motifs is 1. The number of nitrogens with zero attached hydrogens (tertiary/aromatic N) is 4. The van der Waals surface area contributed by atoms with Crippen LogP contribution < -0.4 is 10.5 Å². The molecule has 2 aromatic heterocycles. The zero-order valence-corrected chi connectivity index (χ0v) is 18.0. The van der Waals surface area contributed by atoms with E-state index in [1.165, 1.54) is 40.8 Å². The van der Waals surface area contributed by atoms with Crippen LogP contribution in [0.3, 0.4) is 0 Å². The Hall–Kier alpha value is -2.67. The van der Waals surface area contributed by atoms with E-state index in [-0.39, 0.29) is 18.0 Å². The molecule has 0 spiro atoms. The predicted molar refractivity (Wildman–Crippen MR) is 118 cm³/mol. The van der Waals surface area contributed by atoms with Gasteiger partial charge in [0, 0.05) is 37.2 Å². The van der Waals surface area contributed by atoms with Gasteiger partial charge in [-0.25, -0.2) is 4.98 Å². The number of carbonyl (C=O) groups excluding carboxylic acids is 1. The van der Waals surface area contributed by atoms with E-state index in [0.717, 1.165) is 33.9 Å². The third-order valence-corrected chi connectivity index (χ3v) is 6.85. The first kappa shape index (κ1) is 19.6. The Bertz CT molecular complexity index is 1110. The molecule has 1 aromatic carbocycles. The molecule has 0 bridgehead atoms. The fraction of sp³-hybridized carbons (Fsp3) is 0.409. The fourth-order valence-electron chi connectivity index (χ4n) is 3.90. The first-order valence-electron chi connectivity index (χ1n) is 9.97. The van der Waals surface area contributed by atoms with Crippen molar-refractivity contribution in [1.82, 2.24) is 14.5 Å². The van der Waals surface area contributed by atoms with Crippen LogP contribution in [0.1, 0.15) is 28.8 Å². The normalized spacial score (nSPS) is 14.0. The van der Waals surface area contributed by atoms with Crippen LogP contribution in [-0.4, -0.2) is 40.5 Å². The van der Waals surface area contributed by atoms with Crippen molar-refractivity contribution in [3.05, 3.63) is 57.0 Å². The Morgan fingerprint density at radius 2 is 1.93 bits per heavy atom. The summed E-state index contributed by atoms with van der Waals surface area (Å²) in [6, 6.07) is 8.26. The van der Waals surface area contributed by atoms with Crippen LogP contribution in [0.2, 0.25) is 0 Å². The molecule has 0 atom stereocenters. The molecule has 152 valence electrons. The maximum atomic E-state index is 12.9. The minimum Gasteiger partial charge on any atom is -0.371 e. The second-order valence-electron chi connectivity index (χ2n) is 7.71. The molecule has 7 heteroatoms. The van der Waals surface area contributed by atoms with Crippen molar-refractivity contribution in [3.8, 4) is 0 Å². The number of amides is 1. The van der Waals surface area contributed by atoms with Crippen molar-refractivity contribution in [2.45, 2.75) is 39.8 Å². The van der Waals surface area contributed by atoms with Crippen molar-refractivity contribution >= 4 is 33.1 Å². The Labute approximate surface area is 174 Å². The Morgan fingerprint density at radius 1 is 1.21 bits per heavy atom. The highest BCUT2D eigenvalue weighted by Gasteiger charge is 2.19. The lowest BCUT2D eigenvalue weighted by atomic mass is 10.1. The number of aryl methyl sites for hydroxylation is 2. The average molecular weight is 411 g/mol. The molecule has 3 heterocycles. The largest absolute Gasteiger partial charge is 0.371 e. The van der Waals surface area contributed by atoms with E-state index < -0.39 is 0 Å². The second kappa shape index (κ2) is 7.99. The monoisotopic (exact) mass is 410 g/mol. The molecule has 4 rings (SSSR count). The third kappa shape index (κ3) is 3.79. The number of rotatable bonds is 5. The standard InChI is InChI=1S/C22H26N4O2S/c1-15-16(2)29-21-20(15)22(28)26(14-23-21)13-19(27)24(3)12-17-8-4-5-9-18(17)25-10-6-7-11-25/h4-5,8-9,14H,6-7,10-13H2,1-3H3. The summed E-state index contributed by atoms with van der Waals surface area (Å²) in [4.78, 5) is 36.0. The molecule has 1 aliphatic heterocycles. The van der Waals surface area contributed by atoms with Crippen LogP contribution in [0.4, 0.5) is 5.69 Å². The second-order valence-corrected chi connectivity index (χ2v) is 8.92. The van der Waals surface area contributed by atoms with Crippen molar-refractivity contribution in [1.29, 1.82) is 0 Å². The van der Waals surface area contributed by atoms with Gasteiger partial charge in [-0.1, -0.05) is 18.2 Å². The Morgan fingerprint density at radius 3 is 2.69 bits per heavy atom. The predicted octanol–water partition coefficient (Wildman–Crippen LogP) is 3.33. The van der Waals surface area contributed by atoms with Gasteiger partial charge in [-0.3, -0.25) is 14.2 Å². The molecule has 0 radical (unpaired) electrons. The molecule has 1 aliphatic rings. The van der Waals surface area contributed by atoms with Crippen molar-refractivity contribution in [2.24, 2.45) is 0 Å². The van der Waals surface area contributed by atoms with Gasteiger partial charge < -0.3 is 9.80 Å². The van der Waals surface area contributed by atoms with Gasteiger partial charge in [0.15, 0.2) is 0 Å². The molecule has 6 nitrogen and oxygen atoms in total. The zero-order valence-electron chi connectivity index (χ0n) is 17.1. The van der Waals surface area contributed by atoms with E-state index in [2.05, 4.69) is 22.0 Å². The van der Waals surface area contributed by atoms with Gasteiger partial charge in [-0.2, -0.15) is 0 Å². The molecular formula is C22H26N4O2S. The summed E-state index contributed by atoms with van der Waals surface area (Å²) in [5.41, 5.74) is 3.15. The van der Waals surface area contributed by atoms with Crippen LogP contribution in [-0.2, 0) is 17.9 Å². The summed E-state index contributed by atoms with van der Waals surface area (Å²) in [7, 11) is 1.79. The SMILES string of the molecule is Cc1sc2ncn(CC(=O)N(C)Cc3ccccc3N3CCCC3)c(=O)c2c1C. The van der Waals surface area contributed by atoms with Gasteiger partial charge in [-0.05, 0) is 43.9 Å². The van der Waals surface area contributed by atoms with Crippen LogP contribution in [0.25, 0.3) is 10.2 Å². The molecule has 3 aromatic rings. The molecule has 1 fully saturated rings. The average Bonchev–Trinajstić information content (AvgIpc) is 3.33. The minimum absolute atomic E-state index is 0.00150. The van der Waals surface area contributed by atoms with Crippen molar-refractivity contribution < 1.29 is 4.79 Å². The number of thiophene rings is 1. The zero-order chi connectivity index (χ0) is 20.5. The van der Waals surface area contributed by atoms with Gasteiger partial charge in [0.1, 0.15) is 11.4 Å². The first-order valence-corrected chi connectivity index (χ1v) is 10.8. The summed E-state index contributed by atoms with van der Waals surface area (Å²) < 4.78 is 1.42. The smallest absolute Gasteiger partial charge is 0.262 e.